The standard InChI is InChI=1S/C14H20O5S/c1-3-4-5-6-13(14(15)16)19-20(17,18)12-9-7-11(2)8-10-12/h7-10,13H,3-6H2,1-2H3,(H,15,16). The Kier molecular flexibility index (Phi) is 6.16. The zero-order valence-corrected chi connectivity index (χ0v) is 12.5. The van der Waals surface area contributed by atoms with Gasteiger partial charge < -0.3 is 5.11 Å². The Bertz CT molecular complexity index is 533. The maximum absolute atomic E-state index is 12.0. The lowest BCUT2D eigenvalue weighted by Crippen LogP contribution is -2.27. The molecule has 0 spiro atoms. The van der Waals surface area contributed by atoms with Crippen LogP contribution in [0.1, 0.15) is 38.2 Å². The summed E-state index contributed by atoms with van der Waals surface area (Å²) in [5.41, 5.74) is 0.918. The van der Waals surface area contributed by atoms with Gasteiger partial charge >= 0.3 is 5.97 Å². The Labute approximate surface area is 119 Å². The van der Waals surface area contributed by atoms with Crippen LogP contribution in [0, 0.1) is 6.92 Å². The highest BCUT2D eigenvalue weighted by Gasteiger charge is 2.26. The van der Waals surface area contributed by atoms with Crippen molar-refractivity contribution in [1.82, 2.24) is 0 Å². The van der Waals surface area contributed by atoms with Crippen molar-refractivity contribution in [2.45, 2.75) is 50.5 Å². The Hall–Kier alpha value is -1.40. The van der Waals surface area contributed by atoms with Crippen LogP contribution in [0.4, 0.5) is 0 Å². The van der Waals surface area contributed by atoms with E-state index in [9.17, 15) is 13.2 Å². The van der Waals surface area contributed by atoms with E-state index in [1.54, 1.807) is 12.1 Å². The van der Waals surface area contributed by atoms with E-state index in [0.29, 0.717) is 6.42 Å². The molecule has 112 valence electrons. The van der Waals surface area contributed by atoms with Crippen LogP contribution >= 0.6 is 0 Å². The first-order valence-electron chi connectivity index (χ1n) is 6.59. The maximum Gasteiger partial charge on any atom is 0.334 e. The lowest BCUT2D eigenvalue weighted by molar-refractivity contribution is -0.145. The molecule has 0 bridgehead atoms. The molecule has 5 nitrogen and oxygen atoms in total. The van der Waals surface area contributed by atoms with Crippen LogP contribution in [0.3, 0.4) is 0 Å². The van der Waals surface area contributed by atoms with Crippen molar-refractivity contribution < 1.29 is 22.5 Å². The second-order valence-corrected chi connectivity index (χ2v) is 6.26. The van der Waals surface area contributed by atoms with Gasteiger partial charge in [0.05, 0.1) is 4.90 Å². The van der Waals surface area contributed by atoms with Gasteiger partial charge in [0.25, 0.3) is 10.1 Å². The van der Waals surface area contributed by atoms with E-state index in [1.807, 2.05) is 13.8 Å². The summed E-state index contributed by atoms with van der Waals surface area (Å²) < 4.78 is 28.9. The minimum Gasteiger partial charge on any atom is -0.479 e. The molecule has 1 atom stereocenters. The first kappa shape index (κ1) is 16.7. The summed E-state index contributed by atoms with van der Waals surface area (Å²) in [5, 5.41) is 9.04. The molecule has 1 unspecified atom stereocenters. The van der Waals surface area contributed by atoms with Crippen LogP contribution in [-0.2, 0) is 19.1 Å². The van der Waals surface area contributed by atoms with Gasteiger partial charge in [0.15, 0.2) is 6.10 Å². The molecule has 0 saturated heterocycles. The van der Waals surface area contributed by atoms with Gasteiger partial charge in [-0.15, -0.1) is 0 Å². The second kappa shape index (κ2) is 7.40. The lowest BCUT2D eigenvalue weighted by Gasteiger charge is -2.13. The molecule has 0 aliphatic carbocycles. The normalized spacial score (nSPS) is 13.1. The van der Waals surface area contributed by atoms with Crippen molar-refractivity contribution in [2.24, 2.45) is 0 Å². The van der Waals surface area contributed by atoms with Crippen LogP contribution in [0.25, 0.3) is 0 Å². The van der Waals surface area contributed by atoms with Crippen molar-refractivity contribution in [3.8, 4) is 0 Å². The summed E-state index contributed by atoms with van der Waals surface area (Å²) in [6.07, 6.45) is 1.26. The second-order valence-electron chi connectivity index (χ2n) is 4.69. The molecular formula is C14H20O5S. The van der Waals surface area contributed by atoms with Crippen molar-refractivity contribution >= 4 is 16.1 Å². The molecule has 0 aliphatic rings. The topological polar surface area (TPSA) is 80.7 Å². The van der Waals surface area contributed by atoms with Crippen LogP contribution in [0.15, 0.2) is 29.2 Å². The third-order valence-corrected chi connectivity index (χ3v) is 4.23. The van der Waals surface area contributed by atoms with Gasteiger partial charge in [-0.25, -0.2) is 4.79 Å². The third kappa shape index (κ3) is 4.94. The molecule has 0 fully saturated rings. The van der Waals surface area contributed by atoms with E-state index >= 15 is 0 Å². The highest BCUT2D eigenvalue weighted by Crippen LogP contribution is 2.18. The predicted molar refractivity (Wildman–Crippen MR) is 75.0 cm³/mol. The van der Waals surface area contributed by atoms with Crippen LogP contribution in [0.5, 0.6) is 0 Å². The number of aliphatic carboxylic acids is 1. The van der Waals surface area contributed by atoms with E-state index in [2.05, 4.69) is 0 Å². The number of carboxylic acids is 1. The van der Waals surface area contributed by atoms with Crippen molar-refractivity contribution in [1.29, 1.82) is 0 Å². The van der Waals surface area contributed by atoms with Gasteiger partial charge in [0.2, 0.25) is 0 Å². The van der Waals surface area contributed by atoms with Gasteiger partial charge in [-0.1, -0.05) is 43.9 Å². The molecule has 0 aromatic heterocycles. The Balaban J connectivity index is 2.80. The number of aryl methyl sites for hydroxylation is 1. The monoisotopic (exact) mass is 300 g/mol. The maximum atomic E-state index is 12.0. The number of rotatable bonds is 8. The smallest absolute Gasteiger partial charge is 0.334 e. The van der Waals surface area contributed by atoms with Gasteiger partial charge in [0, 0.05) is 0 Å². The van der Waals surface area contributed by atoms with Crippen molar-refractivity contribution in [2.75, 3.05) is 0 Å². The summed E-state index contributed by atoms with van der Waals surface area (Å²) >= 11 is 0. The van der Waals surface area contributed by atoms with E-state index in [0.717, 1.165) is 18.4 Å². The molecule has 0 aliphatic heterocycles. The predicted octanol–water partition coefficient (Wildman–Crippen LogP) is 2.73. The van der Waals surface area contributed by atoms with Crippen molar-refractivity contribution in [3.05, 3.63) is 29.8 Å². The average Bonchev–Trinajstić information content (AvgIpc) is 2.38. The van der Waals surface area contributed by atoms with Crippen molar-refractivity contribution in [3.63, 3.8) is 0 Å². The number of unbranched alkanes of at least 4 members (excludes halogenated alkanes) is 2. The Morgan fingerprint density at radius 1 is 1.25 bits per heavy atom. The fourth-order valence-corrected chi connectivity index (χ4v) is 2.77. The fraction of sp³-hybridized carbons (Fsp3) is 0.500. The van der Waals surface area contributed by atoms with Gasteiger partial charge in [-0.2, -0.15) is 8.42 Å². The minimum absolute atomic E-state index is 0.0233. The zero-order chi connectivity index (χ0) is 15.2. The van der Waals surface area contributed by atoms with E-state index in [1.165, 1.54) is 12.1 Å². The van der Waals surface area contributed by atoms with E-state index in [-0.39, 0.29) is 11.3 Å². The summed E-state index contributed by atoms with van der Waals surface area (Å²) in [6, 6.07) is 6.11. The molecular weight excluding hydrogens is 280 g/mol. The van der Waals surface area contributed by atoms with Crippen LogP contribution in [0.2, 0.25) is 0 Å². The average molecular weight is 300 g/mol. The highest BCUT2D eigenvalue weighted by atomic mass is 32.2. The van der Waals surface area contributed by atoms with Gasteiger partial charge in [-0.05, 0) is 25.5 Å². The SMILES string of the molecule is CCCCCC(OS(=O)(=O)c1ccc(C)cc1)C(=O)O. The van der Waals surface area contributed by atoms with E-state index < -0.39 is 22.2 Å². The first-order valence-corrected chi connectivity index (χ1v) is 8.00. The molecule has 1 aromatic rings. The largest absolute Gasteiger partial charge is 0.479 e. The summed E-state index contributed by atoms with van der Waals surface area (Å²) in [5.74, 6) is -1.25. The molecule has 1 aromatic carbocycles. The Morgan fingerprint density at radius 3 is 2.35 bits per heavy atom. The zero-order valence-electron chi connectivity index (χ0n) is 11.7. The molecule has 0 saturated carbocycles. The summed E-state index contributed by atoms with van der Waals surface area (Å²) in [4.78, 5) is 11.0. The highest BCUT2D eigenvalue weighted by molar-refractivity contribution is 7.86. The van der Waals surface area contributed by atoms with Crippen LogP contribution in [-0.4, -0.2) is 25.6 Å². The number of benzene rings is 1. The molecule has 1 N–H and O–H groups in total. The quantitative estimate of drug-likeness (QED) is 0.590. The van der Waals surface area contributed by atoms with Crippen LogP contribution < -0.4 is 0 Å². The molecule has 20 heavy (non-hydrogen) atoms. The first-order chi connectivity index (χ1) is 9.36. The number of carboxylic acid groups (broad SMARTS) is 1. The summed E-state index contributed by atoms with van der Waals surface area (Å²) in [7, 11) is -4.04. The Morgan fingerprint density at radius 2 is 1.85 bits per heavy atom. The molecule has 0 amide bonds. The van der Waals surface area contributed by atoms with Gasteiger partial charge in [0.1, 0.15) is 0 Å². The molecule has 0 heterocycles. The number of carbonyl (C=O) groups is 1. The van der Waals surface area contributed by atoms with E-state index in [4.69, 9.17) is 9.29 Å². The molecule has 6 heteroatoms. The molecule has 1 rings (SSSR count). The van der Waals surface area contributed by atoms with Gasteiger partial charge in [-0.3, -0.25) is 4.18 Å². The minimum atomic E-state index is -4.04. The number of hydrogen-bond donors (Lipinski definition) is 1. The third-order valence-electron chi connectivity index (χ3n) is 2.90. The number of hydrogen-bond acceptors (Lipinski definition) is 4. The summed E-state index contributed by atoms with van der Waals surface area (Å²) in [6.45, 7) is 3.82. The lowest BCUT2D eigenvalue weighted by atomic mass is 10.1. The fourth-order valence-electron chi connectivity index (χ4n) is 1.71. The molecule has 0 radical (unpaired) electrons.